The molecule has 108 valence electrons. The first-order valence-electron chi connectivity index (χ1n) is 7.06. The molecule has 0 radical (unpaired) electrons. The van der Waals surface area contributed by atoms with E-state index in [0.717, 1.165) is 40.0 Å². The van der Waals surface area contributed by atoms with Crippen LogP contribution in [0.15, 0.2) is 23.9 Å². The van der Waals surface area contributed by atoms with Gasteiger partial charge in [-0.3, -0.25) is 0 Å². The van der Waals surface area contributed by atoms with Crippen LogP contribution >= 0.6 is 12.2 Å². The van der Waals surface area contributed by atoms with Crippen LogP contribution in [0, 0.1) is 16.1 Å². The average molecular weight is 298 g/mol. The molecule has 0 saturated heterocycles. The minimum absolute atomic E-state index is 0.324. The summed E-state index contributed by atoms with van der Waals surface area (Å²) in [6, 6.07) is 6.47. The van der Waals surface area contributed by atoms with Crippen LogP contribution < -0.4 is 0 Å². The Morgan fingerprint density at radius 1 is 1.48 bits per heavy atom. The number of nitriles is 1. The van der Waals surface area contributed by atoms with Crippen LogP contribution in [0.2, 0.25) is 0 Å². The van der Waals surface area contributed by atoms with Gasteiger partial charge >= 0.3 is 0 Å². The summed E-state index contributed by atoms with van der Waals surface area (Å²) in [5, 5.41) is 9.43. The molecule has 2 heterocycles. The van der Waals surface area contributed by atoms with Crippen LogP contribution in [-0.2, 0) is 13.1 Å². The zero-order valence-corrected chi connectivity index (χ0v) is 13.3. The fourth-order valence-electron chi connectivity index (χ4n) is 2.98. The molecule has 3 rings (SSSR count). The Morgan fingerprint density at radius 2 is 2.24 bits per heavy atom. The van der Waals surface area contributed by atoms with Crippen molar-refractivity contribution in [2.45, 2.75) is 39.9 Å². The van der Waals surface area contributed by atoms with E-state index in [-0.39, 0.29) is 0 Å². The van der Waals surface area contributed by atoms with E-state index in [0.29, 0.717) is 6.04 Å². The first-order valence-corrected chi connectivity index (χ1v) is 7.47. The predicted octanol–water partition coefficient (Wildman–Crippen LogP) is 3.70. The molecule has 21 heavy (non-hydrogen) atoms. The number of nitrogens with one attached hydrogen (secondary N) is 1. The maximum atomic E-state index is 9.43. The number of allylic oxidation sites excluding steroid dienone is 1. The van der Waals surface area contributed by atoms with Crippen molar-refractivity contribution in [1.29, 1.82) is 5.26 Å². The summed E-state index contributed by atoms with van der Waals surface area (Å²) < 4.78 is 2.86. The molecule has 0 unspecified atom stereocenters. The normalized spacial score (nSPS) is 17.4. The molecule has 4 nitrogen and oxygen atoms in total. The summed E-state index contributed by atoms with van der Waals surface area (Å²) >= 11 is 5.46. The van der Waals surface area contributed by atoms with Crippen molar-refractivity contribution >= 4 is 23.3 Å². The molecular weight excluding hydrogens is 280 g/mol. The minimum Gasteiger partial charge on any atom is -0.369 e. The first-order chi connectivity index (χ1) is 10.0. The second-order valence-electron chi connectivity index (χ2n) is 5.87. The Balaban J connectivity index is 2.29. The van der Waals surface area contributed by atoms with Crippen molar-refractivity contribution in [3.8, 4) is 6.07 Å². The van der Waals surface area contributed by atoms with Gasteiger partial charge in [0.15, 0.2) is 4.77 Å². The minimum atomic E-state index is 0.324. The number of hydrogen-bond donors (Lipinski definition) is 1. The van der Waals surface area contributed by atoms with Crippen molar-refractivity contribution in [1.82, 2.24) is 14.5 Å². The molecule has 0 spiro atoms. The summed E-state index contributed by atoms with van der Waals surface area (Å²) in [6.45, 7) is 7.94. The number of rotatable bonds is 1. The Bertz CT molecular complexity index is 830. The first kappa shape index (κ1) is 13.9. The Kier molecular flexibility index (Phi) is 3.34. The van der Waals surface area contributed by atoms with Gasteiger partial charge in [-0.25, -0.2) is 0 Å². The lowest BCUT2D eigenvalue weighted by molar-refractivity contribution is 0.267. The highest BCUT2D eigenvalue weighted by Gasteiger charge is 2.23. The highest BCUT2D eigenvalue weighted by molar-refractivity contribution is 7.71. The van der Waals surface area contributed by atoms with Crippen LogP contribution in [0.1, 0.15) is 31.9 Å². The second-order valence-corrected chi connectivity index (χ2v) is 6.25. The molecule has 1 aromatic heterocycles. The summed E-state index contributed by atoms with van der Waals surface area (Å²) in [7, 11) is 0. The quantitative estimate of drug-likeness (QED) is 0.817. The fraction of sp³-hybridized carbons (Fsp3) is 0.375. The monoisotopic (exact) mass is 298 g/mol. The molecule has 1 N–H and O–H groups in total. The van der Waals surface area contributed by atoms with E-state index in [1.807, 2.05) is 12.1 Å². The van der Waals surface area contributed by atoms with Crippen molar-refractivity contribution in [2.75, 3.05) is 0 Å². The second kappa shape index (κ2) is 5.05. The molecule has 1 aliphatic rings. The van der Waals surface area contributed by atoms with Crippen molar-refractivity contribution in [2.24, 2.45) is 0 Å². The SMILES string of the molecule is CC(C)=CN1Cc2c(C#N)ccc3[nH]c(=S)n(c23)C[C@@H]1C. The topological polar surface area (TPSA) is 47.8 Å². The number of H-pyrrole nitrogens is 1. The molecule has 0 bridgehead atoms. The maximum absolute atomic E-state index is 9.43. The van der Waals surface area contributed by atoms with Gasteiger partial charge in [0.05, 0.1) is 22.7 Å². The van der Waals surface area contributed by atoms with Gasteiger partial charge in [-0.15, -0.1) is 0 Å². The molecule has 1 aliphatic heterocycles. The molecule has 0 fully saturated rings. The molecular formula is C16H18N4S. The van der Waals surface area contributed by atoms with E-state index in [1.165, 1.54) is 5.57 Å². The van der Waals surface area contributed by atoms with Gasteiger partial charge in [-0.1, -0.05) is 5.57 Å². The van der Waals surface area contributed by atoms with E-state index in [2.05, 4.69) is 47.5 Å². The zero-order valence-electron chi connectivity index (χ0n) is 12.5. The molecule has 1 atom stereocenters. The smallest absolute Gasteiger partial charge is 0.178 e. The fourth-order valence-corrected chi connectivity index (χ4v) is 3.26. The van der Waals surface area contributed by atoms with Gasteiger partial charge in [0.25, 0.3) is 0 Å². The third-order valence-electron chi connectivity index (χ3n) is 3.94. The number of aromatic amines is 1. The van der Waals surface area contributed by atoms with Gasteiger partial charge in [-0.05, 0) is 51.3 Å². The van der Waals surface area contributed by atoms with Gasteiger partial charge < -0.3 is 14.5 Å². The number of hydrogen-bond acceptors (Lipinski definition) is 3. The standard InChI is InChI=1S/C16H18N4S/c1-10(2)7-19-9-13-12(6-17)4-5-14-15(13)20(8-11(19)3)16(21)18-14/h4-5,7,11H,8-9H2,1-3H3,(H,18,21)/t11-/m0/s1. The van der Waals surface area contributed by atoms with Crippen LogP contribution in [0.25, 0.3) is 11.0 Å². The number of aromatic nitrogens is 2. The third kappa shape index (κ3) is 2.26. The molecule has 5 heteroatoms. The summed E-state index contributed by atoms with van der Waals surface area (Å²) in [4.78, 5) is 5.55. The zero-order chi connectivity index (χ0) is 15.1. The summed E-state index contributed by atoms with van der Waals surface area (Å²) in [5.74, 6) is 0. The van der Waals surface area contributed by atoms with Crippen LogP contribution in [-0.4, -0.2) is 20.5 Å². The van der Waals surface area contributed by atoms with Crippen molar-refractivity contribution < 1.29 is 0 Å². The molecule has 2 aromatic rings. The van der Waals surface area contributed by atoms with E-state index < -0.39 is 0 Å². The van der Waals surface area contributed by atoms with E-state index >= 15 is 0 Å². The maximum Gasteiger partial charge on any atom is 0.178 e. The van der Waals surface area contributed by atoms with Gasteiger partial charge in [0, 0.05) is 24.7 Å². The average Bonchev–Trinajstić information content (AvgIpc) is 2.65. The van der Waals surface area contributed by atoms with E-state index in [9.17, 15) is 5.26 Å². The number of imidazole rings is 1. The van der Waals surface area contributed by atoms with Crippen LogP contribution in [0.5, 0.6) is 0 Å². The largest absolute Gasteiger partial charge is 0.369 e. The Morgan fingerprint density at radius 3 is 2.90 bits per heavy atom. The highest BCUT2D eigenvalue weighted by atomic mass is 32.1. The molecule has 0 saturated carbocycles. The molecule has 1 aromatic carbocycles. The third-order valence-corrected chi connectivity index (χ3v) is 4.26. The summed E-state index contributed by atoms with van der Waals surface area (Å²) in [6.07, 6.45) is 2.17. The van der Waals surface area contributed by atoms with Crippen molar-refractivity contribution in [3.63, 3.8) is 0 Å². The van der Waals surface area contributed by atoms with Crippen LogP contribution in [0.4, 0.5) is 0 Å². The lowest BCUT2D eigenvalue weighted by Gasteiger charge is -2.26. The van der Waals surface area contributed by atoms with Crippen LogP contribution in [0.3, 0.4) is 0 Å². The van der Waals surface area contributed by atoms with Gasteiger partial charge in [-0.2, -0.15) is 5.26 Å². The lowest BCUT2D eigenvalue weighted by Crippen LogP contribution is -2.30. The van der Waals surface area contributed by atoms with Gasteiger partial charge in [0.2, 0.25) is 0 Å². The van der Waals surface area contributed by atoms with E-state index in [4.69, 9.17) is 12.2 Å². The van der Waals surface area contributed by atoms with Crippen molar-refractivity contribution in [3.05, 3.63) is 39.8 Å². The van der Waals surface area contributed by atoms with Gasteiger partial charge in [0.1, 0.15) is 0 Å². The Labute approximate surface area is 129 Å². The molecule has 0 amide bonds. The highest BCUT2D eigenvalue weighted by Crippen LogP contribution is 2.28. The number of nitrogens with zero attached hydrogens (tertiary/aromatic N) is 3. The van der Waals surface area contributed by atoms with E-state index in [1.54, 1.807) is 0 Å². The Hall–Kier alpha value is -2.06. The summed E-state index contributed by atoms with van der Waals surface area (Å²) in [5.41, 5.74) is 5.13. The predicted molar refractivity (Wildman–Crippen MR) is 86.3 cm³/mol. The number of benzene rings is 1. The molecule has 0 aliphatic carbocycles. The lowest BCUT2D eigenvalue weighted by atomic mass is 10.1.